The van der Waals surface area contributed by atoms with E-state index in [-0.39, 0.29) is 10.8 Å². The molecule has 0 atom stereocenters. The van der Waals surface area contributed by atoms with E-state index in [0.29, 0.717) is 25.2 Å². The van der Waals surface area contributed by atoms with E-state index in [2.05, 4.69) is 8.61 Å². The van der Waals surface area contributed by atoms with Crippen LogP contribution in [0.25, 0.3) is 0 Å². The number of hydrogen-bond donors (Lipinski definition) is 1. The zero-order valence-corrected chi connectivity index (χ0v) is 17.6. The second-order valence-electron chi connectivity index (χ2n) is 6.45. The highest BCUT2D eigenvalue weighted by molar-refractivity contribution is 7.90. The number of carbonyl (C=O) groups is 1. The summed E-state index contributed by atoms with van der Waals surface area (Å²) in [6.07, 6.45) is 0.814. The molecule has 0 aromatic heterocycles. The second-order valence-corrected chi connectivity index (χ2v) is 8.87. The summed E-state index contributed by atoms with van der Waals surface area (Å²) < 4.78 is 31.6. The highest BCUT2D eigenvalue weighted by atomic mass is 32.2. The van der Waals surface area contributed by atoms with Gasteiger partial charge in [-0.05, 0) is 36.8 Å². The van der Waals surface area contributed by atoms with Gasteiger partial charge in [-0.3, -0.25) is 4.79 Å². The number of benzene rings is 2. The van der Waals surface area contributed by atoms with Gasteiger partial charge in [0.25, 0.3) is 22.4 Å². The third-order valence-corrected chi connectivity index (χ3v) is 6.87. The zero-order valence-electron chi connectivity index (χ0n) is 15.7. The fourth-order valence-corrected chi connectivity index (χ4v) is 4.38. The molecule has 0 saturated carbocycles. The Morgan fingerprint density at radius 1 is 1.07 bits per heavy atom. The Hall–Kier alpha value is -2.05. The molecule has 0 spiro atoms. The number of anilines is 1. The molecule has 1 fully saturated rings. The van der Waals surface area contributed by atoms with Crippen molar-refractivity contribution in [3.8, 4) is 5.75 Å². The SMILES string of the molecule is COc1ccccc1N1CCCN(C(=O)c2cccc(S(=O)(=O)[NH][Al])c2)CC1. The lowest BCUT2D eigenvalue weighted by Crippen LogP contribution is -2.35. The van der Waals surface area contributed by atoms with Crippen molar-refractivity contribution in [2.45, 2.75) is 11.3 Å². The van der Waals surface area contributed by atoms with Crippen molar-refractivity contribution in [1.82, 2.24) is 8.61 Å². The molecule has 1 saturated heterocycles. The molecule has 1 amide bonds. The monoisotopic (exact) mass is 415 g/mol. The molecule has 3 rings (SSSR count). The van der Waals surface area contributed by atoms with E-state index in [0.717, 1.165) is 24.4 Å². The quantitative estimate of drug-likeness (QED) is 0.747. The summed E-state index contributed by atoms with van der Waals surface area (Å²) in [7, 11) is -1.97. The average Bonchev–Trinajstić information content (AvgIpc) is 2.99. The third-order valence-electron chi connectivity index (χ3n) is 4.76. The van der Waals surface area contributed by atoms with Crippen LogP contribution in [-0.2, 0) is 10.0 Å². The van der Waals surface area contributed by atoms with Crippen LogP contribution in [0.2, 0.25) is 0 Å². The van der Waals surface area contributed by atoms with Gasteiger partial charge in [0.1, 0.15) is 5.75 Å². The van der Waals surface area contributed by atoms with Gasteiger partial charge in [-0.2, -0.15) is 0 Å². The average molecular weight is 415 g/mol. The molecule has 1 N–H and O–H groups in total. The molecule has 0 bridgehead atoms. The molecule has 1 aliphatic rings. The zero-order chi connectivity index (χ0) is 20.1. The Labute approximate surface area is 174 Å². The number of methoxy groups -OCH3 is 1. The number of nitrogens with zero attached hydrogens (tertiary/aromatic N) is 2. The maximum absolute atomic E-state index is 12.9. The maximum atomic E-state index is 12.9. The van der Waals surface area contributed by atoms with Crippen LogP contribution >= 0.6 is 0 Å². The Morgan fingerprint density at radius 2 is 1.86 bits per heavy atom. The summed E-state index contributed by atoms with van der Waals surface area (Å²) in [5.41, 5.74) is 1.38. The highest BCUT2D eigenvalue weighted by Gasteiger charge is 2.23. The van der Waals surface area contributed by atoms with Gasteiger partial charge in [0, 0.05) is 31.7 Å². The van der Waals surface area contributed by atoms with Crippen molar-refractivity contribution < 1.29 is 17.9 Å². The molecule has 1 heterocycles. The molecule has 0 aliphatic carbocycles. The van der Waals surface area contributed by atoms with Gasteiger partial charge in [0.15, 0.2) is 0 Å². The van der Waals surface area contributed by atoms with Crippen molar-refractivity contribution in [2.24, 2.45) is 0 Å². The number of sulfonamides is 1. The number of para-hydroxylation sites is 2. The minimum Gasteiger partial charge on any atom is -0.495 e. The van der Waals surface area contributed by atoms with Gasteiger partial charge in [0.2, 0.25) is 10.0 Å². The lowest BCUT2D eigenvalue weighted by atomic mass is 10.2. The topological polar surface area (TPSA) is 79.0 Å². The Balaban J connectivity index is 1.76. The highest BCUT2D eigenvalue weighted by Crippen LogP contribution is 2.28. The van der Waals surface area contributed by atoms with Gasteiger partial charge >= 0.3 is 0 Å². The predicted octanol–water partition coefficient (Wildman–Crippen LogP) is 1.41. The standard InChI is InChI=1S/C19H22N3O4S.Al/c1-26-18-9-3-2-8-17(18)21-10-5-11-22(13-12-21)19(23)15-6-4-7-16(14-15)27(20,24)25;/h2-4,6-9,14H,5,10-13H2,1H3,(H-,20,24,25);/q-1;+1. The summed E-state index contributed by atoms with van der Waals surface area (Å²) in [6, 6.07) is 14.0. The van der Waals surface area contributed by atoms with Crippen molar-refractivity contribution in [2.75, 3.05) is 38.2 Å². The van der Waals surface area contributed by atoms with Crippen LogP contribution in [-0.4, -0.2) is 69.0 Å². The van der Waals surface area contributed by atoms with Crippen LogP contribution in [0.15, 0.2) is 53.4 Å². The molecular formula is C19H22AlN3O4S. The molecule has 7 nitrogen and oxygen atoms in total. The largest absolute Gasteiger partial charge is 0.495 e. The van der Waals surface area contributed by atoms with Crippen molar-refractivity contribution in [3.05, 3.63) is 54.1 Å². The number of amides is 1. The van der Waals surface area contributed by atoms with E-state index in [1.54, 1.807) is 24.1 Å². The van der Waals surface area contributed by atoms with E-state index in [1.807, 2.05) is 40.8 Å². The molecule has 2 aromatic carbocycles. The van der Waals surface area contributed by atoms with E-state index < -0.39 is 10.0 Å². The molecule has 2 aromatic rings. The Bertz CT molecular complexity index is 952. The van der Waals surface area contributed by atoms with Crippen molar-refractivity contribution >= 4 is 38.1 Å². The lowest BCUT2D eigenvalue weighted by molar-refractivity contribution is 0.0767. The summed E-state index contributed by atoms with van der Waals surface area (Å²) in [4.78, 5) is 17.0. The minimum atomic E-state index is -3.62. The second kappa shape index (κ2) is 8.97. The van der Waals surface area contributed by atoms with Gasteiger partial charge < -0.3 is 18.2 Å². The van der Waals surface area contributed by atoms with E-state index >= 15 is 0 Å². The van der Waals surface area contributed by atoms with Crippen LogP contribution < -0.4 is 13.3 Å². The fourth-order valence-electron chi connectivity index (χ4n) is 3.30. The van der Waals surface area contributed by atoms with Crippen molar-refractivity contribution in [1.29, 1.82) is 0 Å². The van der Waals surface area contributed by atoms with Crippen LogP contribution in [0.1, 0.15) is 16.8 Å². The number of carbonyl (C=O) groups excluding carboxylic acids is 1. The smallest absolute Gasteiger partial charge is 0.279 e. The Kier molecular flexibility index (Phi) is 6.62. The number of ether oxygens (including phenoxy) is 1. The van der Waals surface area contributed by atoms with Gasteiger partial charge in [0.05, 0.1) is 17.7 Å². The van der Waals surface area contributed by atoms with Crippen LogP contribution in [0.3, 0.4) is 0 Å². The first-order chi connectivity index (χ1) is 13.5. The third kappa shape index (κ3) is 4.50. The van der Waals surface area contributed by atoms with Gasteiger partial charge in [-0.25, -0.2) is 8.42 Å². The number of hydrogen-bond acceptors (Lipinski definition) is 5. The minimum absolute atomic E-state index is 0.0684. The fraction of sp³-hybridized carbons (Fsp3) is 0.316. The number of rotatable bonds is 5. The summed E-state index contributed by atoms with van der Waals surface area (Å²) in [6.45, 7) is 2.66. The number of nitrogens with one attached hydrogen (secondary N) is 1. The maximum Gasteiger partial charge on any atom is 0.279 e. The van der Waals surface area contributed by atoms with Crippen LogP contribution in [0.4, 0.5) is 5.69 Å². The first-order valence-electron chi connectivity index (χ1n) is 8.96. The van der Waals surface area contributed by atoms with E-state index in [1.165, 1.54) is 12.1 Å². The summed E-state index contributed by atoms with van der Waals surface area (Å²) in [5, 5.41) is 0. The summed E-state index contributed by atoms with van der Waals surface area (Å²) in [5.74, 6) is 0.646. The normalized spacial score (nSPS) is 15.2. The molecular weight excluding hydrogens is 393 g/mol. The Morgan fingerprint density at radius 3 is 2.61 bits per heavy atom. The van der Waals surface area contributed by atoms with Crippen LogP contribution in [0, 0.1) is 0 Å². The molecule has 1 aliphatic heterocycles. The molecule has 146 valence electrons. The van der Waals surface area contributed by atoms with Gasteiger partial charge in [-0.1, -0.05) is 18.2 Å². The molecule has 2 radical (unpaired) electrons. The lowest BCUT2D eigenvalue weighted by Gasteiger charge is -2.25. The predicted molar refractivity (Wildman–Crippen MR) is 108 cm³/mol. The molecule has 0 unspecified atom stereocenters. The van der Waals surface area contributed by atoms with Gasteiger partial charge in [-0.15, -0.1) is 0 Å². The van der Waals surface area contributed by atoms with E-state index in [4.69, 9.17) is 4.74 Å². The first kappa shape index (κ1) is 20.7. The van der Waals surface area contributed by atoms with Crippen molar-refractivity contribution in [3.63, 3.8) is 0 Å². The van der Waals surface area contributed by atoms with Crippen LogP contribution in [0.5, 0.6) is 5.75 Å². The summed E-state index contributed by atoms with van der Waals surface area (Å²) >= 11 is 1.97. The molecule has 28 heavy (non-hydrogen) atoms. The first-order valence-corrected chi connectivity index (χ1v) is 11.0. The molecule has 9 heteroatoms. The van der Waals surface area contributed by atoms with E-state index in [9.17, 15) is 13.2 Å².